The molecule has 5 heteroatoms. The highest BCUT2D eigenvalue weighted by Crippen LogP contribution is 2.31. The quantitative estimate of drug-likeness (QED) is 0.348. The van der Waals surface area contributed by atoms with Gasteiger partial charge in [-0.3, -0.25) is 4.79 Å². The number of esters is 1. The van der Waals surface area contributed by atoms with E-state index in [9.17, 15) is 9.90 Å². The number of phenols is 1. The molecule has 0 saturated heterocycles. The summed E-state index contributed by atoms with van der Waals surface area (Å²) >= 11 is 2.07. The van der Waals surface area contributed by atoms with Crippen molar-refractivity contribution in [3.05, 3.63) is 36.4 Å². The molecule has 0 bridgehead atoms. The fourth-order valence-corrected chi connectivity index (χ4v) is 2.12. The number of phenolic OH excluding ortho intramolecular Hbond substituents is 1. The number of fused-ring (bicyclic) bond motifs is 1. The monoisotopic (exact) mass is 400 g/mol. The minimum atomic E-state index is -0.211. The molecule has 1 unspecified atom stereocenters. The largest absolute Gasteiger partial charge is 0.507 e. The van der Waals surface area contributed by atoms with Crippen LogP contribution in [0.2, 0.25) is 0 Å². The second kappa shape index (κ2) is 7.49. The number of alkyl halides is 1. The summed E-state index contributed by atoms with van der Waals surface area (Å²) in [6.45, 7) is 2.44. The van der Waals surface area contributed by atoms with Crippen molar-refractivity contribution in [2.24, 2.45) is 0 Å². The van der Waals surface area contributed by atoms with Crippen LogP contribution in [0.5, 0.6) is 11.5 Å². The Morgan fingerprint density at radius 3 is 2.67 bits per heavy atom. The molecule has 0 aliphatic rings. The Morgan fingerprint density at radius 1 is 1.19 bits per heavy atom. The van der Waals surface area contributed by atoms with Gasteiger partial charge in [0.15, 0.2) is 0 Å². The Hall–Kier alpha value is -1.50. The van der Waals surface area contributed by atoms with Crippen LogP contribution in [0.15, 0.2) is 36.4 Å². The van der Waals surface area contributed by atoms with Gasteiger partial charge in [0, 0.05) is 10.8 Å². The van der Waals surface area contributed by atoms with E-state index in [-0.39, 0.29) is 28.9 Å². The maximum atomic E-state index is 11.5. The average molecular weight is 400 g/mol. The number of rotatable bonds is 6. The van der Waals surface area contributed by atoms with Gasteiger partial charge in [0.25, 0.3) is 0 Å². The van der Waals surface area contributed by atoms with Crippen LogP contribution < -0.4 is 4.74 Å². The zero-order valence-electron chi connectivity index (χ0n) is 11.7. The van der Waals surface area contributed by atoms with Gasteiger partial charge in [-0.2, -0.15) is 0 Å². The number of carbonyl (C=O) groups is 1. The molecule has 0 aromatic heterocycles. The van der Waals surface area contributed by atoms with Gasteiger partial charge in [-0.05, 0) is 18.6 Å². The molecule has 2 aromatic carbocycles. The molecule has 0 saturated carbocycles. The first-order valence-corrected chi connectivity index (χ1v) is 8.02. The highest BCUT2D eigenvalue weighted by molar-refractivity contribution is 14.1. The summed E-state index contributed by atoms with van der Waals surface area (Å²) in [5, 5.41) is 11.4. The summed E-state index contributed by atoms with van der Waals surface area (Å²) in [6, 6.07) is 10.8. The van der Waals surface area contributed by atoms with Crippen molar-refractivity contribution in [1.82, 2.24) is 0 Å². The Labute approximate surface area is 137 Å². The Morgan fingerprint density at radius 2 is 1.90 bits per heavy atom. The highest BCUT2D eigenvalue weighted by atomic mass is 127. The van der Waals surface area contributed by atoms with E-state index in [1.165, 1.54) is 0 Å². The Bertz CT molecular complexity index is 627. The number of benzene rings is 2. The predicted octanol–water partition coefficient (Wildman–Crippen LogP) is 3.68. The van der Waals surface area contributed by atoms with Crippen molar-refractivity contribution in [3.8, 4) is 11.5 Å². The third kappa shape index (κ3) is 4.00. The van der Waals surface area contributed by atoms with Gasteiger partial charge < -0.3 is 14.6 Å². The summed E-state index contributed by atoms with van der Waals surface area (Å²) in [7, 11) is 0. The Balaban J connectivity index is 1.95. The minimum Gasteiger partial charge on any atom is -0.507 e. The summed E-state index contributed by atoms with van der Waals surface area (Å²) in [5.74, 6) is 0.679. The van der Waals surface area contributed by atoms with E-state index in [0.717, 1.165) is 17.2 Å². The smallest absolute Gasteiger partial charge is 0.318 e. The molecule has 1 N–H and O–H groups in total. The fraction of sp³-hybridized carbons (Fsp3) is 0.312. The summed E-state index contributed by atoms with van der Waals surface area (Å²) in [6.07, 6.45) is 0.753. The molecular formula is C16H17IO4. The second-order valence-electron chi connectivity index (χ2n) is 4.52. The summed E-state index contributed by atoms with van der Waals surface area (Å²) in [5.41, 5.74) is 0. The zero-order valence-corrected chi connectivity index (χ0v) is 13.9. The van der Waals surface area contributed by atoms with Gasteiger partial charge in [-0.1, -0.05) is 53.8 Å². The van der Waals surface area contributed by atoms with Gasteiger partial charge in [0.1, 0.15) is 28.6 Å². The fourth-order valence-electron chi connectivity index (χ4n) is 1.94. The zero-order chi connectivity index (χ0) is 15.2. The van der Waals surface area contributed by atoms with E-state index in [1.807, 2.05) is 31.2 Å². The number of hydrogen-bond acceptors (Lipinski definition) is 4. The standard InChI is InChI=1S/C16H17IO4/c1-2-13(17)16(19)21-10-9-20-15-8-4-5-11-12(15)6-3-7-14(11)18/h3-8,13,18H,2,9-10H2,1H3. The van der Waals surface area contributed by atoms with Crippen molar-refractivity contribution in [1.29, 1.82) is 0 Å². The summed E-state index contributed by atoms with van der Waals surface area (Å²) < 4.78 is 10.7. The van der Waals surface area contributed by atoms with Crippen molar-refractivity contribution >= 4 is 39.3 Å². The summed E-state index contributed by atoms with van der Waals surface area (Å²) in [4.78, 5) is 11.5. The number of hydrogen-bond donors (Lipinski definition) is 1. The highest BCUT2D eigenvalue weighted by Gasteiger charge is 2.13. The first kappa shape index (κ1) is 15.9. The predicted molar refractivity (Wildman–Crippen MR) is 90.2 cm³/mol. The van der Waals surface area contributed by atoms with Crippen LogP contribution in [0.1, 0.15) is 13.3 Å². The lowest BCUT2D eigenvalue weighted by Gasteiger charge is -2.11. The number of carbonyl (C=O) groups excluding carboxylic acids is 1. The number of aromatic hydroxyl groups is 1. The first-order valence-electron chi connectivity index (χ1n) is 6.77. The number of halogens is 1. The van der Waals surface area contributed by atoms with E-state index >= 15 is 0 Å². The molecule has 1 atom stereocenters. The van der Waals surface area contributed by atoms with Crippen LogP contribution in [0, 0.1) is 0 Å². The molecule has 0 aliphatic carbocycles. The van der Waals surface area contributed by atoms with E-state index in [4.69, 9.17) is 9.47 Å². The second-order valence-corrected chi connectivity index (χ2v) is 6.02. The normalized spacial score (nSPS) is 12.1. The molecule has 0 amide bonds. The molecule has 0 heterocycles. The molecule has 0 aliphatic heterocycles. The average Bonchev–Trinajstić information content (AvgIpc) is 2.51. The van der Waals surface area contributed by atoms with Crippen molar-refractivity contribution in [3.63, 3.8) is 0 Å². The molecule has 0 radical (unpaired) electrons. The van der Waals surface area contributed by atoms with E-state index in [2.05, 4.69) is 22.6 Å². The lowest BCUT2D eigenvalue weighted by atomic mass is 10.1. The molecule has 2 rings (SSSR count). The van der Waals surface area contributed by atoms with Crippen LogP contribution in [-0.4, -0.2) is 28.2 Å². The van der Waals surface area contributed by atoms with Gasteiger partial charge in [-0.25, -0.2) is 0 Å². The molecule has 0 fully saturated rings. The maximum absolute atomic E-state index is 11.5. The maximum Gasteiger partial charge on any atom is 0.318 e. The van der Waals surface area contributed by atoms with Gasteiger partial charge in [-0.15, -0.1) is 0 Å². The van der Waals surface area contributed by atoms with E-state index in [0.29, 0.717) is 5.75 Å². The van der Waals surface area contributed by atoms with Crippen molar-refractivity contribution < 1.29 is 19.4 Å². The Kier molecular flexibility index (Phi) is 5.67. The van der Waals surface area contributed by atoms with Crippen LogP contribution in [0.3, 0.4) is 0 Å². The van der Waals surface area contributed by atoms with Crippen LogP contribution >= 0.6 is 22.6 Å². The third-order valence-electron chi connectivity index (χ3n) is 3.06. The SMILES string of the molecule is CCC(I)C(=O)OCCOc1cccc2c(O)cccc12. The van der Waals surface area contributed by atoms with Crippen LogP contribution in [0.4, 0.5) is 0 Å². The van der Waals surface area contributed by atoms with E-state index in [1.54, 1.807) is 12.1 Å². The van der Waals surface area contributed by atoms with Crippen molar-refractivity contribution in [2.45, 2.75) is 17.3 Å². The first-order chi connectivity index (χ1) is 10.1. The van der Waals surface area contributed by atoms with Crippen LogP contribution in [-0.2, 0) is 9.53 Å². The lowest BCUT2D eigenvalue weighted by molar-refractivity contribution is -0.143. The molecule has 2 aromatic rings. The van der Waals surface area contributed by atoms with Crippen LogP contribution in [0.25, 0.3) is 10.8 Å². The third-order valence-corrected chi connectivity index (χ3v) is 4.45. The molecule has 21 heavy (non-hydrogen) atoms. The molecule has 4 nitrogen and oxygen atoms in total. The topological polar surface area (TPSA) is 55.8 Å². The van der Waals surface area contributed by atoms with Crippen molar-refractivity contribution in [2.75, 3.05) is 13.2 Å². The minimum absolute atomic E-state index is 0.114. The lowest BCUT2D eigenvalue weighted by Crippen LogP contribution is -2.19. The molecule has 112 valence electrons. The molecule has 0 spiro atoms. The van der Waals surface area contributed by atoms with Gasteiger partial charge in [0.2, 0.25) is 0 Å². The van der Waals surface area contributed by atoms with Gasteiger partial charge in [0.05, 0.1) is 0 Å². The molecular weight excluding hydrogens is 383 g/mol. The number of ether oxygens (including phenoxy) is 2. The van der Waals surface area contributed by atoms with E-state index < -0.39 is 0 Å². The van der Waals surface area contributed by atoms with Gasteiger partial charge >= 0.3 is 5.97 Å².